The monoisotopic (exact) mass is 308 g/mol. The van der Waals surface area contributed by atoms with Gasteiger partial charge in [-0.3, -0.25) is 0 Å². The minimum atomic E-state index is -0.207. The Labute approximate surface area is 131 Å². The molecule has 0 spiro atoms. The molecule has 1 fully saturated rings. The minimum absolute atomic E-state index is 0.0215. The van der Waals surface area contributed by atoms with E-state index < -0.39 is 0 Å². The lowest BCUT2D eigenvalue weighted by Gasteiger charge is -2.27. The van der Waals surface area contributed by atoms with Crippen LogP contribution >= 0.6 is 0 Å². The maximum Gasteiger partial charge on any atom is 0.315 e. The summed E-state index contributed by atoms with van der Waals surface area (Å²) in [6.07, 6.45) is 1.80. The minimum Gasteiger partial charge on any atom is -0.383 e. The number of pyridine rings is 1. The van der Waals surface area contributed by atoms with E-state index in [1.807, 2.05) is 19.1 Å². The zero-order valence-corrected chi connectivity index (χ0v) is 13.2. The van der Waals surface area contributed by atoms with Crippen molar-refractivity contribution in [3.05, 3.63) is 23.9 Å². The predicted octanol–water partition coefficient (Wildman–Crippen LogP) is 0.752. The lowest BCUT2D eigenvalue weighted by molar-refractivity contribution is 0.122. The second-order valence-electron chi connectivity index (χ2n) is 5.31. The highest BCUT2D eigenvalue weighted by Crippen LogP contribution is 2.12. The van der Waals surface area contributed by atoms with E-state index in [9.17, 15) is 4.79 Å². The standard InChI is InChI=1S/C15H24N4O3/c1-12(11-21-2)18-15(20)17-10-13-3-4-14(16-9-13)19-5-7-22-8-6-19/h3-4,9,12H,5-8,10-11H2,1-2H3,(H2,17,18,20). The van der Waals surface area contributed by atoms with Crippen LogP contribution in [0.25, 0.3) is 0 Å². The molecule has 0 radical (unpaired) electrons. The largest absolute Gasteiger partial charge is 0.383 e. The maximum atomic E-state index is 11.7. The van der Waals surface area contributed by atoms with Gasteiger partial charge in [-0.25, -0.2) is 9.78 Å². The molecule has 2 rings (SSSR count). The van der Waals surface area contributed by atoms with Gasteiger partial charge < -0.3 is 25.0 Å². The Kier molecular flexibility index (Phi) is 6.42. The molecule has 1 aliphatic heterocycles. The fourth-order valence-electron chi connectivity index (χ4n) is 2.25. The molecule has 2 N–H and O–H groups in total. The van der Waals surface area contributed by atoms with Crippen LogP contribution in [0.15, 0.2) is 18.3 Å². The van der Waals surface area contributed by atoms with Gasteiger partial charge in [0.05, 0.1) is 25.9 Å². The summed E-state index contributed by atoms with van der Waals surface area (Å²) in [4.78, 5) is 18.3. The van der Waals surface area contributed by atoms with Gasteiger partial charge in [-0.1, -0.05) is 6.07 Å². The van der Waals surface area contributed by atoms with Crippen molar-refractivity contribution in [2.24, 2.45) is 0 Å². The number of rotatable bonds is 6. The molecule has 0 saturated carbocycles. The Morgan fingerprint density at radius 1 is 1.45 bits per heavy atom. The van der Waals surface area contributed by atoms with Crippen molar-refractivity contribution in [3.8, 4) is 0 Å². The van der Waals surface area contributed by atoms with Crippen molar-refractivity contribution >= 4 is 11.8 Å². The van der Waals surface area contributed by atoms with Crippen LogP contribution in [0, 0.1) is 0 Å². The third-order valence-corrected chi connectivity index (χ3v) is 3.39. The molecule has 0 bridgehead atoms. The van der Waals surface area contributed by atoms with Crippen molar-refractivity contribution in [3.63, 3.8) is 0 Å². The number of anilines is 1. The number of amides is 2. The lowest BCUT2D eigenvalue weighted by atomic mass is 10.2. The normalized spacial score (nSPS) is 16.2. The van der Waals surface area contributed by atoms with E-state index in [-0.39, 0.29) is 12.1 Å². The van der Waals surface area contributed by atoms with Gasteiger partial charge in [0, 0.05) is 32.9 Å². The van der Waals surface area contributed by atoms with Gasteiger partial charge in [0.15, 0.2) is 0 Å². The van der Waals surface area contributed by atoms with Crippen LogP contribution in [-0.4, -0.2) is 57.1 Å². The van der Waals surface area contributed by atoms with Crippen molar-refractivity contribution < 1.29 is 14.3 Å². The van der Waals surface area contributed by atoms with Gasteiger partial charge in [-0.05, 0) is 18.6 Å². The number of hydrogen-bond donors (Lipinski definition) is 2. The topological polar surface area (TPSA) is 75.7 Å². The van der Waals surface area contributed by atoms with Gasteiger partial charge >= 0.3 is 6.03 Å². The smallest absolute Gasteiger partial charge is 0.315 e. The number of nitrogens with zero attached hydrogens (tertiary/aromatic N) is 2. The molecule has 122 valence electrons. The summed E-state index contributed by atoms with van der Waals surface area (Å²) in [6, 6.07) is 3.73. The summed E-state index contributed by atoms with van der Waals surface area (Å²) >= 11 is 0. The molecule has 1 saturated heterocycles. The fourth-order valence-corrected chi connectivity index (χ4v) is 2.25. The molecule has 1 aromatic rings. The summed E-state index contributed by atoms with van der Waals surface area (Å²) in [5.41, 5.74) is 0.964. The van der Waals surface area contributed by atoms with E-state index in [1.54, 1.807) is 13.3 Å². The number of hydrogen-bond acceptors (Lipinski definition) is 5. The number of aromatic nitrogens is 1. The average Bonchev–Trinajstić information content (AvgIpc) is 2.54. The van der Waals surface area contributed by atoms with E-state index in [4.69, 9.17) is 9.47 Å². The maximum absolute atomic E-state index is 11.7. The van der Waals surface area contributed by atoms with Crippen LogP contribution in [0.5, 0.6) is 0 Å². The average molecular weight is 308 g/mol. The van der Waals surface area contributed by atoms with E-state index in [2.05, 4.69) is 20.5 Å². The quantitative estimate of drug-likeness (QED) is 0.811. The first kappa shape index (κ1) is 16.5. The third kappa shape index (κ3) is 5.16. The molecular formula is C15H24N4O3. The van der Waals surface area contributed by atoms with Crippen molar-refractivity contribution in [2.75, 3.05) is 44.9 Å². The van der Waals surface area contributed by atoms with Gasteiger partial charge in [0.25, 0.3) is 0 Å². The lowest BCUT2D eigenvalue weighted by Crippen LogP contribution is -2.42. The molecule has 2 heterocycles. The van der Waals surface area contributed by atoms with Gasteiger partial charge in [0.1, 0.15) is 5.82 Å². The van der Waals surface area contributed by atoms with E-state index in [0.29, 0.717) is 13.2 Å². The molecule has 0 aliphatic carbocycles. The van der Waals surface area contributed by atoms with Gasteiger partial charge in [0.2, 0.25) is 0 Å². The number of morpholine rings is 1. The first-order valence-corrected chi connectivity index (χ1v) is 7.50. The molecule has 1 unspecified atom stereocenters. The highest BCUT2D eigenvalue weighted by molar-refractivity contribution is 5.74. The number of methoxy groups -OCH3 is 1. The van der Waals surface area contributed by atoms with Gasteiger partial charge in [-0.2, -0.15) is 0 Å². The van der Waals surface area contributed by atoms with Gasteiger partial charge in [-0.15, -0.1) is 0 Å². The third-order valence-electron chi connectivity index (χ3n) is 3.39. The first-order chi connectivity index (χ1) is 10.7. The molecule has 1 aliphatic rings. The van der Waals surface area contributed by atoms with Crippen molar-refractivity contribution in [1.29, 1.82) is 0 Å². The fraction of sp³-hybridized carbons (Fsp3) is 0.600. The van der Waals surface area contributed by atoms with Crippen molar-refractivity contribution in [1.82, 2.24) is 15.6 Å². The summed E-state index contributed by atoms with van der Waals surface area (Å²) < 4.78 is 10.3. The van der Waals surface area contributed by atoms with E-state index in [0.717, 1.165) is 37.7 Å². The van der Waals surface area contributed by atoms with Crippen LogP contribution in [-0.2, 0) is 16.0 Å². The molecular weight excluding hydrogens is 284 g/mol. The molecule has 7 nitrogen and oxygen atoms in total. The Morgan fingerprint density at radius 3 is 2.86 bits per heavy atom. The zero-order chi connectivity index (χ0) is 15.8. The molecule has 2 amide bonds. The molecule has 7 heteroatoms. The number of urea groups is 1. The predicted molar refractivity (Wildman–Crippen MR) is 84.0 cm³/mol. The first-order valence-electron chi connectivity index (χ1n) is 7.50. The van der Waals surface area contributed by atoms with E-state index in [1.165, 1.54) is 0 Å². The Morgan fingerprint density at radius 2 is 2.23 bits per heavy atom. The summed E-state index contributed by atoms with van der Waals surface area (Å²) in [5, 5.41) is 5.60. The second-order valence-corrected chi connectivity index (χ2v) is 5.31. The van der Waals surface area contributed by atoms with Crippen LogP contribution in [0.2, 0.25) is 0 Å². The van der Waals surface area contributed by atoms with Crippen LogP contribution < -0.4 is 15.5 Å². The summed E-state index contributed by atoms with van der Waals surface area (Å²) in [6.45, 7) is 6.04. The van der Waals surface area contributed by atoms with Crippen LogP contribution in [0.3, 0.4) is 0 Å². The SMILES string of the molecule is COCC(C)NC(=O)NCc1ccc(N2CCOCC2)nc1. The summed E-state index contributed by atoms with van der Waals surface area (Å²) in [5.74, 6) is 0.949. The number of nitrogens with one attached hydrogen (secondary N) is 2. The number of carbonyl (C=O) groups is 1. The van der Waals surface area contributed by atoms with Crippen LogP contribution in [0.4, 0.5) is 10.6 Å². The second kappa shape index (κ2) is 8.55. The zero-order valence-electron chi connectivity index (χ0n) is 13.2. The molecule has 1 aromatic heterocycles. The van der Waals surface area contributed by atoms with Crippen molar-refractivity contribution in [2.45, 2.75) is 19.5 Å². The molecule has 0 aromatic carbocycles. The highest BCUT2D eigenvalue weighted by atomic mass is 16.5. The Balaban J connectivity index is 1.77. The Hall–Kier alpha value is -1.86. The number of ether oxygens (including phenoxy) is 2. The number of carbonyl (C=O) groups excluding carboxylic acids is 1. The Bertz CT molecular complexity index is 460. The molecule has 22 heavy (non-hydrogen) atoms. The highest BCUT2D eigenvalue weighted by Gasteiger charge is 2.12. The molecule has 1 atom stereocenters. The van der Waals surface area contributed by atoms with E-state index >= 15 is 0 Å². The van der Waals surface area contributed by atoms with Crippen LogP contribution in [0.1, 0.15) is 12.5 Å². The summed E-state index contributed by atoms with van der Waals surface area (Å²) in [7, 11) is 1.61.